The van der Waals surface area contributed by atoms with Crippen LogP contribution in [0.25, 0.3) is 0 Å². The van der Waals surface area contributed by atoms with Crippen molar-refractivity contribution < 1.29 is 19.0 Å². The fourth-order valence-corrected chi connectivity index (χ4v) is 1.68. The van der Waals surface area contributed by atoms with Gasteiger partial charge in [-0.1, -0.05) is 18.2 Å². The molecule has 0 saturated heterocycles. The van der Waals surface area contributed by atoms with E-state index in [0.717, 1.165) is 0 Å². The molecule has 0 bridgehead atoms. The molecule has 7 nitrogen and oxygen atoms in total. The Balaban J connectivity index is 2.05. The molecule has 1 atom stereocenters. The second-order valence-corrected chi connectivity index (χ2v) is 4.34. The smallest absolute Gasteiger partial charge is 0.319 e. The molecule has 116 valence electrons. The number of methoxy groups -OCH3 is 2. The van der Waals surface area contributed by atoms with E-state index in [-0.39, 0.29) is 17.8 Å². The normalized spacial score (nSPS) is 11.4. The van der Waals surface area contributed by atoms with Crippen molar-refractivity contribution in [3.63, 3.8) is 0 Å². The van der Waals surface area contributed by atoms with Crippen molar-refractivity contribution in [2.24, 2.45) is 0 Å². The Morgan fingerprint density at radius 2 is 1.91 bits per heavy atom. The molecule has 0 unspecified atom stereocenters. The van der Waals surface area contributed by atoms with Crippen molar-refractivity contribution in [2.75, 3.05) is 19.5 Å². The molecule has 1 aromatic heterocycles. The highest BCUT2D eigenvalue weighted by Crippen LogP contribution is 2.23. The van der Waals surface area contributed by atoms with Gasteiger partial charge in [0.05, 0.1) is 20.4 Å². The van der Waals surface area contributed by atoms with Crippen LogP contribution in [0.5, 0.6) is 17.6 Å². The molecule has 0 aliphatic heterocycles. The lowest BCUT2D eigenvalue weighted by atomic mass is 10.3. The molecular formula is C15H17N3O4. The molecule has 0 aliphatic rings. The van der Waals surface area contributed by atoms with Crippen LogP contribution in [0, 0.1) is 0 Å². The van der Waals surface area contributed by atoms with E-state index in [1.54, 1.807) is 19.1 Å². The molecule has 1 aromatic carbocycles. The second-order valence-electron chi connectivity index (χ2n) is 4.34. The van der Waals surface area contributed by atoms with Crippen molar-refractivity contribution in [1.82, 2.24) is 9.97 Å². The van der Waals surface area contributed by atoms with Gasteiger partial charge >= 0.3 is 6.01 Å². The number of anilines is 1. The summed E-state index contributed by atoms with van der Waals surface area (Å²) in [6, 6.07) is 9.25. The van der Waals surface area contributed by atoms with Crippen molar-refractivity contribution in [3.8, 4) is 17.6 Å². The number of carbonyl (C=O) groups is 1. The van der Waals surface area contributed by atoms with Crippen molar-refractivity contribution in [3.05, 3.63) is 36.5 Å². The zero-order chi connectivity index (χ0) is 15.9. The summed E-state index contributed by atoms with van der Waals surface area (Å²) in [5.41, 5.74) is 0.344. The van der Waals surface area contributed by atoms with Crippen LogP contribution in [0.2, 0.25) is 0 Å². The van der Waals surface area contributed by atoms with Crippen molar-refractivity contribution >= 4 is 11.6 Å². The molecular weight excluding hydrogens is 286 g/mol. The van der Waals surface area contributed by atoms with Crippen LogP contribution in [-0.4, -0.2) is 36.2 Å². The first-order valence-electron chi connectivity index (χ1n) is 6.61. The number of nitrogens with one attached hydrogen (secondary N) is 1. The molecule has 0 saturated carbocycles. The summed E-state index contributed by atoms with van der Waals surface area (Å²) in [5.74, 6) is 0.492. The molecule has 0 aliphatic carbocycles. The van der Waals surface area contributed by atoms with Crippen LogP contribution in [0.4, 0.5) is 5.69 Å². The lowest BCUT2D eigenvalue weighted by molar-refractivity contribution is -0.122. The first kappa shape index (κ1) is 15.6. The van der Waals surface area contributed by atoms with E-state index in [4.69, 9.17) is 14.2 Å². The topological polar surface area (TPSA) is 82.6 Å². The Bertz CT molecular complexity index is 634. The second kappa shape index (κ2) is 7.26. The fourth-order valence-electron chi connectivity index (χ4n) is 1.68. The van der Waals surface area contributed by atoms with E-state index >= 15 is 0 Å². The van der Waals surface area contributed by atoms with E-state index in [1.165, 1.54) is 20.4 Å². The van der Waals surface area contributed by atoms with Gasteiger partial charge in [-0.2, -0.15) is 4.98 Å². The van der Waals surface area contributed by atoms with Gasteiger partial charge in [-0.15, -0.1) is 0 Å². The van der Waals surface area contributed by atoms with Gasteiger partial charge in [0, 0.05) is 0 Å². The molecule has 1 N–H and O–H groups in total. The number of hydrogen-bond donors (Lipinski definition) is 1. The Hall–Kier alpha value is -2.83. The number of hydrogen-bond acceptors (Lipinski definition) is 6. The average molecular weight is 303 g/mol. The first-order valence-corrected chi connectivity index (χ1v) is 6.61. The van der Waals surface area contributed by atoms with Crippen LogP contribution in [0.3, 0.4) is 0 Å². The van der Waals surface area contributed by atoms with Crippen LogP contribution in [-0.2, 0) is 4.79 Å². The van der Waals surface area contributed by atoms with Gasteiger partial charge in [0.2, 0.25) is 5.88 Å². The largest absolute Gasteiger partial charge is 0.481 e. The highest BCUT2D eigenvalue weighted by molar-refractivity contribution is 5.95. The van der Waals surface area contributed by atoms with Gasteiger partial charge in [-0.3, -0.25) is 4.79 Å². The van der Waals surface area contributed by atoms with E-state index in [0.29, 0.717) is 11.4 Å². The van der Waals surface area contributed by atoms with Gasteiger partial charge < -0.3 is 19.5 Å². The van der Waals surface area contributed by atoms with Gasteiger partial charge in [0.1, 0.15) is 11.4 Å². The minimum Gasteiger partial charge on any atom is -0.481 e. The summed E-state index contributed by atoms with van der Waals surface area (Å²) in [7, 11) is 2.89. The van der Waals surface area contributed by atoms with Crippen molar-refractivity contribution in [1.29, 1.82) is 0 Å². The molecule has 22 heavy (non-hydrogen) atoms. The summed E-state index contributed by atoms with van der Waals surface area (Å²) < 4.78 is 15.6. The summed E-state index contributed by atoms with van der Waals surface area (Å²) in [6.45, 7) is 1.65. The zero-order valence-corrected chi connectivity index (χ0v) is 12.6. The lowest BCUT2D eigenvalue weighted by Crippen LogP contribution is -2.30. The molecule has 0 fully saturated rings. The number of para-hydroxylation sites is 1. The Morgan fingerprint density at radius 3 is 2.55 bits per heavy atom. The Kier molecular flexibility index (Phi) is 5.13. The predicted molar refractivity (Wildman–Crippen MR) is 80.3 cm³/mol. The van der Waals surface area contributed by atoms with Crippen molar-refractivity contribution in [2.45, 2.75) is 13.0 Å². The number of ether oxygens (including phenoxy) is 3. The minimum atomic E-state index is -0.686. The number of carbonyl (C=O) groups excluding carboxylic acids is 1. The highest BCUT2D eigenvalue weighted by Gasteiger charge is 2.18. The zero-order valence-electron chi connectivity index (χ0n) is 12.6. The maximum atomic E-state index is 12.2. The maximum absolute atomic E-state index is 12.2. The van der Waals surface area contributed by atoms with Gasteiger partial charge in [-0.05, 0) is 19.1 Å². The minimum absolute atomic E-state index is 0.156. The molecule has 0 spiro atoms. The van der Waals surface area contributed by atoms with Gasteiger partial charge in [0.25, 0.3) is 5.91 Å². The summed E-state index contributed by atoms with van der Waals surface area (Å²) in [4.78, 5) is 20.1. The number of aromatic nitrogens is 2. The fraction of sp³-hybridized carbons (Fsp3) is 0.267. The summed E-state index contributed by atoms with van der Waals surface area (Å²) in [5, 5.41) is 2.66. The summed E-state index contributed by atoms with van der Waals surface area (Å²) >= 11 is 0. The highest BCUT2D eigenvalue weighted by atomic mass is 16.5. The van der Waals surface area contributed by atoms with Crippen LogP contribution < -0.4 is 19.5 Å². The monoisotopic (exact) mass is 303 g/mol. The quantitative estimate of drug-likeness (QED) is 0.877. The number of rotatable bonds is 6. The Labute approximate surface area is 128 Å². The maximum Gasteiger partial charge on any atom is 0.319 e. The number of amides is 1. The number of nitrogens with zero attached hydrogens (tertiary/aromatic N) is 2. The molecule has 0 radical (unpaired) electrons. The van der Waals surface area contributed by atoms with E-state index < -0.39 is 6.10 Å². The number of benzene rings is 1. The van der Waals surface area contributed by atoms with Crippen LogP contribution >= 0.6 is 0 Å². The van der Waals surface area contributed by atoms with Crippen LogP contribution in [0.1, 0.15) is 6.92 Å². The predicted octanol–water partition coefficient (Wildman–Crippen LogP) is 1.90. The third kappa shape index (κ3) is 3.85. The average Bonchev–Trinajstić information content (AvgIpc) is 2.56. The summed E-state index contributed by atoms with van der Waals surface area (Å²) in [6.07, 6.45) is 0.729. The lowest BCUT2D eigenvalue weighted by Gasteiger charge is -2.15. The molecule has 1 amide bonds. The first-order chi connectivity index (χ1) is 10.6. The molecule has 7 heteroatoms. The van der Waals surface area contributed by atoms with E-state index in [1.807, 2.05) is 18.2 Å². The van der Waals surface area contributed by atoms with E-state index in [2.05, 4.69) is 15.3 Å². The SMILES string of the molecule is COc1ncc(NC(=O)[C@@H](C)Oc2ccccc2)c(OC)n1. The molecule has 2 aromatic rings. The molecule has 2 rings (SSSR count). The molecule has 1 heterocycles. The third-order valence-corrected chi connectivity index (χ3v) is 2.79. The Morgan fingerprint density at radius 1 is 1.18 bits per heavy atom. The van der Waals surface area contributed by atoms with E-state index in [9.17, 15) is 4.79 Å². The van der Waals surface area contributed by atoms with Gasteiger partial charge in [0.15, 0.2) is 6.10 Å². The standard InChI is InChI=1S/C15H17N3O4/c1-10(22-11-7-5-4-6-8-11)13(19)17-12-9-16-15(21-3)18-14(12)20-2/h4-10H,1-3H3,(H,17,19)/t10-/m1/s1. The van der Waals surface area contributed by atoms with Gasteiger partial charge in [-0.25, -0.2) is 4.98 Å². The third-order valence-electron chi connectivity index (χ3n) is 2.79. The van der Waals surface area contributed by atoms with Crippen LogP contribution in [0.15, 0.2) is 36.5 Å².